The molecule has 0 saturated carbocycles. The van der Waals surface area contributed by atoms with Gasteiger partial charge in [-0.3, -0.25) is 4.72 Å². The lowest BCUT2D eigenvalue weighted by atomic mass is 10.3. The summed E-state index contributed by atoms with van der Waals surface area (Å²) in [6, 6.07) is 12.2. The highest BCUT2D eigenvalue weighted by Gasteiger charge is 2.21. The van der Waals surface area contributed by atoms with E-state index in [0.29, 0.717) is 5.75 Å². The molecule has 3 aromatic rings. The van der Waals surface area contributed by atoms with Gasteiger partial charge < -0.3 is 9.47 Å². The molecule has 0 aliphatic rings. The van der Waals surface area contributed by atoms with Crippen LogP contribution >= 0.6 is 0 Å². The first-order valence-electron chi connectivity index (χ1n) is 7.39. The number of nitrogens with zero attached hydrogens (tertiary/aromatic N) is 2. The number of aromatic nitrogens is 2. The zero-order chi connectivity index (χ0) is 18.6. The summed E-state index contributed by atoms with van der Waals surface area (Å²) in [5.41, 5.74) is 0.0942. The largest absolute Gasteiger partial charge is 0.495 e. The van der Waals surface area contributed by atoms with Gasteiger partial charge >= 0.3 is 6.01 Å². The number of halogens is 1. The van der Waals surface area contributed by atoms with Crippen molar-refractivity contribution in [2.45, 2.75) is 4.90 Å². The fourth-order valence-electron chi connectivity index (χ4n) is 2.09. The Kier molecular flexibility index (Phi) is 4.99. The number of hydrogen-bond acceptors (Lipinski definition) is 6. The maximum absolute atomic E-state index is 13.4. The number of hydrogen-bond donors (Lipinski definition) is 1. The van der Waals surface area contributed by atoms with Crippen molar-refractivity contribution in [2.75, 3.05) is 11.8 Å². The number of para-hydroxylation sites is 1. The van der Waals surface area contributed by atoms with Crippen LogP contribution in [-0.4, -0.2) is 25.5 Å². The van der Waals surface area contributed by atoms with Crippen molar-refractivity contribution < 1.29 is 22.3 Å². The average Bonchev–Trinajstić information content (AvgIpc) is 2.64. The second-order valence-electron chi connectivity index (χ2n) is 5.07. The highest BCUT2D eigenvalue weighted by Crippen LogP contribution is 2.26. The van der Waals surface area contributed by atoms with E-state index in [0.717, 1.165) is 12.1 Å². The Hall–Kier alpha value is -3.20. The van der Waals surface area contributed by atoms with E-state index in [1.165, 1.54) is 25.6 Å². The average molecular weight is 375 g/mol. The van der Waals surface area contributed by atoms with Crippen molar-refractivity contribution in [1.29, 1.82) is 0 Å². The second kappa shape index (κ2) is 7.36. The summed E-state index contributed by atoms with van der Waals surface area (Å²) in [5.74, 6) is -0.136. The number of benzene rings is 2. The molecule has 26 heavy (non-hydrogen) atoms. The van der Waals surface area contributed by atoms with Crippen LogP contribution in [0.15, 0.2) is 65.8 Å². The minimum atomic E-state index is -4.09. The highest BCUT2D eigenvalue weighted by atomic mass is 32.2. The van der Waals surface area contributed by atoms with Crippen molar-refractivity contribution >= 4 is 15.7 Å². The molecule has 0 unspecified atom stereocenters. The summed E-state index contributed by atoms with van der Waals surface area (Å²) in [6.45, 7) is 0. The van der Waals surface area contributed by atoms with Gasteiger partial charge in [0.25, 0.3) is 10.0 Å². The van der Waals surface area contributed by atoms with E-state index in [1.807, 2.05) is 6.07 Å². The van der Waals surface area contributed by atoms with Gasteiger partial charge in [-0.2, -0.15) is 0 Å². The molecule has 0 aliphatic heterocycles. The molecule has 0 aliphatic carbocycles. The molecule has 3 rings (SSSR count). The van der Waals surface area contributed by atoms with Crippen LogP contribution in [0.3, 0.4) is 0 Å². The number of ether oxygens (including phenoxy) is 2. The monoisotopic (exact) mass is 375 g/mol. The van der Waals surface area contributed by atoms with Crippen LogP contribution in [0.25, 0.3) is 0 Å². The van der Waals surface area contributed by atoms with Crippen LogP contribution in [0.2, 0.25) is 0 Å². The Labute approximate surface area is 149 Å². The molecule has 0 fully saturated rings. The summed E-state index contributed by atoms with van der Waals surface area (Å²) >= 11 is 0. The molecule has 9 heteroatoms. The molecule has 0 spiro atoms. The van der Waals surface area contributed by atoms with Gasteiger partial charge in [-0.15, -0.1) is 0 Å². The van der Waals surface area contributed by atoms with E-state index in [2.05, 4.69) is 14.7 Å². The lowest BCUT2D eigenvalue weighted by molar-refractivity contribution is 0.401. The smallest absolute Gasteiger partial charge is 0.322 e. The molecule has 134 valence electrons. The fourth-order valence-corrected chi connectivity index (χ4v) is 3.30. The van der Waals surface area contributed by atoms with E-state index in [9.17, 15) is 12.8 Å². The SMILES string of the molecule is COc1ccc(F)cc1S(=O)(=O)Nc1cnc(Oc2ccccc2)nc1. The molecular formula is C17H14FN3O4S. The predicted octanol–water partition coefficient (Wildman–Crippen LogP) is 3.22. The normalized spacial score (nSPS) is 11.0. The molecule has 2 aromatic carbocycles. The molecule has 1 heterocycles. The van der Waals surface area contributed by atoms with Crippen molar-refractivity contribution in [2.24, 2.45) is 0 Å². The molecule has 0 radical (unpaired) electrons. The summed E-state index contributed by atoms with van der Waals surface area (Å²) in [4.78, 5) is 7.56. The summed E-state index contributed by atoms with van der Waals surface area (Å²) in [7, 11) is -2.79. The van der Waals surface area contributed by atoms with Gasteiger partial charge in [0.1, 0.15) is 22.2 Å². The molecule has 1 aromatic heterocycles. The molecule has 1 N–H and O–H groups in total. The van der Waals surface area contributed by atoms with Crippen LogP contribution in [0.5, 0.6) is 17.5 Å². The molecule has 7 nitrogen and oxygen atoms in total. The predicted molar refractivity (Wildman–Crippen MR) is 92.3 cm³/mol. The van der Waals surface area contributed by atoms with Crippen molar-refractivity contribution in [3.05, 3.63) is 66.7 Å². The third-order valence-electron chi connectivity index (χ3n) is 3.25. The maximum Gasteiger partial charge on any atom is 0.322 e. The molecule has 0 atom stereocenters. The highest BCUT2D eigenvalue weighted by molar-refractivity contribution is 7.92. The van der Waals surface area contributed by atoms with Gasteiger partial charge in [-0.1, -0.05) is 18.2 Å². The first-order chi connectivity index (χ1) is 12.5. The van der Waals surface area contributed by atoms with Gasteiger partial charge in [0, 0.05) is 0 Å². The summed E-state index contributed by atoms with van der Waals surface area (Å²) in [6.07, 6.45) is 2.49. The molecule has 0 saturated heterocycles. The number of nitrogens with one attached hydrogen (secondary N) is 1. The zero-order valence-electron chi connectivity index (χ0n) is 13.6. The number of methoxy groups -OCH3 is 1. The Morgan fingerprint density at radius 3 is 2.38 bits per heavy atom. The van der Waals surface area contributed by atoms with Gasteiger partial charge in [0.2, 0.25) is 0 Å². The van der Waals surface area contributed by atoms with Gasteiger partial charge in [0.15, 0.2) is 0 Å². The third kappa shape index (κ3) is 4.06. The molecule has 0 bridgehead atoms. The maximum atomic E-state index is 13.4. The van der Waals surface area contributed by atoms with E-state index >= 15 is 0 Å². The van der Waals surface area contributed by atoms with E-state index in [1.54, 1.807) is 24.3 Å². The molecule has 0 amide bonds. The Morgan fingerprint density at radius 2 is 1.73 bits per heavy atom. The minimum Gasteiger partial charge on any atom is -0.495 e. The Bertz CT molecular complexity index is 996. The zero-order valence-corrected chi connectivity index (χ0v) is 14.4. The number of rotatable bonds is 6. The topological polar surface area (TPSA) is 90.4 Å². The van der Waals surface area contributed by atoms with E-state index < -0.39 is 15.8 Å². The minimum absolute atomic E-state index is 0.0175. The van der Waals surface area contributed by atoms with E-state index in [4.69, 9.17) is 9.47 Å². The first kappa shape index (κ1) is 17.6. The number of anilines is 1. The Balaban J connectivity index is 1.79. The molecular weight excluding hydrogens is 361 g/mol. The van der Waals surface area contributed by atoms with Crippen LogP contribution in [0, 0.1) is 5.82 Å². The summed E-state index contributed by atoms with van der Waals surface area (Å²) in [5, 5.41) is 0. The van der Waals surface area contributed by atoms with Crippen molar-refractivity contribution in [3.8, 4) is 17.5 Å². The summed E-state index contributed by atoms with van der Waals surface area (Å²) < 4.78 is 51.0. The lowest BCUT2D eigenvalue weighted by Gasteiger charge is -2.11. The van der Waals surface area contributed by atoms with Crippen molar-refractivity contribution in [3.63, 3.8) is 0 Å². The Morgan fingerprint density at radius 1 is 1.04 bits per heavy atom. The third-order valence-corrected chi connectivity index (χ3v) is 4.65. The van der Waals surface area contributed by atoms with Crippen molar-refractivity contribution in [1.82, 2.24) is 9.97 Å². The van der Waals surface area contributed by atoms with Crippen LogP contribution in [0.4, 0.5) is 10.1 Å². The van der Waals surface area contributed by atoms with Gasteiger partial charge in [0.05, 0.1) is 25.2 Å². The van der Waals surface area contributed by atoms with Gasteiger partial charge in [-0.25, -0.2) is 22.8 Å². The van der Waals surface area contributed by atoms with Gasteiger partial charge in [-0.05, 0) is 30.3 Å². The lowest BCUT2D eigenvalue weighted by Crippen LogP contribution is -2.14. The quantitative estimate of drug-likeness (QED) is 0.711. The first-order valence-corrected chi connectivity index (χ1v) is 8.87. The van der Waals surface area contributed by atoms with Crippen LogP contribution < -0.4 is 14.2 Å². The van der Waals surface area contributed by atoms with Crippen LogP contribution in [0.1, 0.15) is 0 Å². The number of sulfonamides is 1. The standard InChI is InChI=1S/C17H14FN3O4S/c1-24-15-8-7-12(18)9-16(15)26(22,23)21-13-10-19-17(20-11-13)25-14-5-3-2-4-6-14/h2-11,21H,1H3. The van der Waals surface area contributed by atoms with E-state index in [-0.39, 0.29) is 22.3 Å². The van der Waals surface area contributed by atoms with Crippen LogP contribution in [-0.2, 0) is 10.0 Å². The second-order valence-corrected chi connectivity index (χ2v) is 6.72. The fraction of sp³-hybridized carbons (Fsp3) is 0.0588.